The van der Waals surface area contributed by atoms with Gasteiger partial charge in [-0.3, -0.25) is 14.6 Å². The Balaban J connectivity index is 1.35. The summed E-state index contributed by atoms with van der Waals surface area (Å²) in [6, 6.07) is 13.0. The van der Waals surface area contributed by atoms with Crippen molar-refractivity contribution in [1.29, 1.82) is 0 Å². The summed E-state index contributed by atoms with van der Waals surface area (Å²) in [6.07, 6.45) is 7.35. The van der Waals surface area contributed by atoms with Crippen LogP contribution in [0.25, 0.3) is 0 Å². The van der Waals surface area contributed by atoms with Gasteiger partial charge < -0.3 is 9.47 Å². The molecule has 2 heterocycles. The highest BCUT2D eigenvalue weighted by atomic mass is 16.5. The molecule has 2 aliphatic carbocycles. The van der Waals surface area contributed by atoms with Gasteiger partial charge in [0.1, 0.15) is 0 Å². The van der Waals surface area contributed by atoms with Crippen molar-refractivity contribution in [2.45, 2.75) is 63.5 Å². The largest absolute Gasteiger partial charge is 0.379 e. The second kappa shape index (κ2) is 11.1. The lowest BCUT2D eigenvalue weighted by atomic mass is 9.72. The highest BCUT2D eigenvalue weighted by molar-refractivity contribution is 6.11. The molecule has 4 fully saturated rings. The monoisotopic (exact) mass is 488 g/mol. The number of hydrogen-bond donors (Lipinski definition) is 0. The van der Waals surface area contributed by atoms with Crippen molar-refractivity contribution < 1.29 is 14.3 Å². The first-order valence-electron chi connectivity index (χ1n) is 14.2. The second-order valence-corrected chi connectivity index (χ2v) is 11.1. The molecule has 0 bridgehead atoms. The average molecular weight is 489 g/mol. The molecule has 0 unspecified atom stereocenters. The lowest BCUT2D eigenvalue weighted by Gasteiger charge is -2.34. The predicted octanol–water partition coefficient (Wildman–Crippen LogP) is 5.12. The van der Waals surface area contributed by atoms with Crippen molar-refractivity contribution in [3.63, 3.8) is 0 Å². The molecule has 0 spiro atoms. The van der Waals surface area contributed by atoms with Crippen molar-refractivity contribution >= 4 is 5.78 Å². The van der Waals surface area contributed by atoms with Crippen LogP contribution in [0.15, 0.2) is 36.4 Å². The molecule has 0 aromatic heterocycles. The Morgan fingerprint density at radius 1 is 0.667 bits per heavy atom. The predicted molar refractivity (Wildman–Crippen MR) is 142 cm³/mol. The fourth-order valence-electron chi connectivity index (χ4n) is 6.40. The van der Waals surface area contributed by atoms with Crippen molar-refractivity contribution in [2.24, 2.45) is 0 Å². The van der Waals surface area contributed by atoms with E-state index in [2.05, 4.69) is 46.2 Å². The average Bonchev–Trinajstić information content (AvgIpc) is 2.85. The minimum atomic E-state index is 0.242. The van der Waals surface area contributed by atoms with Crippen LogP contribution in [0.1, 0.15) is 88.5 Å². The molecule has 2 aromatic carbocycles. The Bertz CT molecular complexity index is 980. The van der Waals surface area contributed by atoms with Crippen molar-refractivity contribution in [3.05, 3.63) is 69.8 Å². The number of carbonyl (C=O) groups is 1. The molecule has 36 heavy (non-hydrogen) atoms. The summed E-state index contributed by atoms with van der Waals surface area (Å²) in [5, 5.41) is 0. The van der Waals surface area contributed by atoms with Gasteiger partial charge in [-0.1, -0.05) is 49.2 Å². The summed E-state index contributed by atoms with van der Waals surface area (Å²) in [7, 11) is 0. The maximum Gasteiger partial charge on any atom is 0.193 e. The molecular formula is C31H40N2O3. The first kappa shape index (κ1) is 24.3. The maximum atomic E-state index is 14.4. The Morgan fingerprint density at radius 3 is 1.44 bits per heavy atom. The number of nitrogens with zero attached hydrogens (tertiary/aromatic N) is 2. The summed E-state index contributed by atoms with van der Waals surface area (Å²) in [5.74, 6) is 1.28. The van der Waals surface area contributed by atoms with Crippen LogP contribution in [0.2, 0.25) is 0 Å². The Hall–Kier alpha value is -2.05. The molecule has 0 radical (unpaired) electrons. The SMILES string of the molecule is O=C(c1cccc(CN2CCOCC2)c1C1CCC1)c1cccc(CN2CCOCC2)c1C1CCC1. The fraction of sp³-hybridized carbons (Fsp3) is 0.581. The van der Waals surface area contributed by atoms with E-state index in [9.17, 15) is 4.79 Å². The number of morpholine rings is 2. The zero-order chi connectivity index (χ0) is 24.3. The number of ether oxygens (including phenoxy) is 2. The molecule has 5 heteroatoms. The van der Waals surface area contributed by atoms with Crippen LogP contribution in [0.3, 0.4) is 0 Å². The highest BCUT2D eigenvalue weighted by Gasteiger charge is 2.32. The Labute approximate surface area is 215 Å². The van der Waals surface area contributed by atoms with Crippen molar-refractivity contribution in [2.75, 3.05) is 52.6 Å². The zero-order valence-corrected chi connectivity index (χ0v) is 21.6. The molecule has 5 nitrogen and oxygen atoms in total. The highest BCUT2D eigenvalue weighted by Crippen LogP contribution is 2.43. The van der Waals surface area contributed by atoms with E-state index in [1.807, 2.05) is 0 Å². The summed E-state index contributed by atoms with van der Waals surface area (Å²) < 4.78 is 11.2. The van der Waals surface area contributed by atoms with E-state index < -0.39 is 0 Å². The standard InChI is InChI=1S/C31H40N2O3/c34-31(27-11-3-9-25(29(27)23-5-1-6-23)21-32-13-17-35-18-14-32)28-12-4-10-26(30(28)24-7-2-8-24)22-33-15-19-36-20-16-33/h3-4,9-12,23-24H,1-2,5-8,13-22H2. The van der Waals surface area contributed by atoms with E-state index >= 15 is 0 Å². The van der Waals surface area contributed by atoms with E-state index in [0.29, 0.717) is 11.8 Å². The Kier molecular flexibility index (Phi) is 7.52. The molecule has 2 saturated heterocycles. The van der Waals surface area contributed by atoms with Gasteiger partial charge in [-0.2, -0.15) is 0 Å². The maximum absolute atomic E-state index is 14.4. The van der Waals surface area contributed by atoms with Crippen LogP contribution in [0, 0.1) is 0 Å². The minimum Gasteiger partial charge on any atom is -0.379 e. The zero-order valence-electron chi connectivity index (χ0n) is 21.6. The quantitative estimate of drug-likeness (QED) is 0.483. The third-order valence-electron chi connectivity index (χ3n) is 8.90. The van der Waals surface area contributed by atoms with Crippen LogP contribution >= 0.6 is 0 Å². The van der Waals surface area contributed by atoms with Gasteiger partial charge in [0.15, 0.2) is 5.78 Å². The molecule has 2 aliphatic heterocycles. The number of benzene rings is 2. The number of hydrogen-bond acceptors (Lipinski definition) is 5. The van der Waals surface area contributed by atoms with Gasteiger partial charge in [-0.25, -0.2) is 0 Å². The molecule has 192 valence electrons. The second-order valence-electron chi connectivity index (χ2n) is 11.1. The van der Waals surface area contributed by atoms with E-state index in [1.54, 1.807) is 0 Å². The first-order valence-corrected chi connectivity index (χ1v) is 14.2. The summed E-state index contributed by atoms with van der Waals surface area (Å²) in [4.78, 5) is 19.4. The van der Waals surface area contributed by atoms with Crippen LogP contribution in [-0.4, -0.2) is 68.2 Å². The third-order valence-corrected chi connectivity index (χ3v) is 8.90. The lowest BCUT2D eigenvalue weighted by Crippen LogP contribution is -2.36. The van der Waals surface area contributed by atoms with Crippen LogP contribution in [0.4, 0.5) is 0 Å². The third kappa shape index (κ3) is 5.04. The molecule has 0 N–H and O–H groups in total. The number of carbonyl (C=O) groups excluding carboxylic acids is 1. The normalized spacial score (nSPS) is 22.2. The van der Waals surface area contributed by atoms with Crippen LogP contribution in [-0.2, 0) is 22.6 Å². The molecule has 2 saturated carbocycles. The molecule has 0 atom stereocenters. The molecule has 2 aromatic rings. The van der Waals surface area contributed by atoms with Gasteiger partial charge in [0.2, 0.25) is 0 Å². The van der Waals surface area contributed by atoms with Gasteiger partial charge in [0.25, 0.3) is 0 Å². The van der Waals surface area contributed by atoms with Crippen molar-refractivity contribution in [3.8, 4) is 0 Å². The summed E-state index contributed by atoms with van der Waals surface area (Å²) in [5.41, 5.74) is 7.27. The summed E-state index contributed by atoms with van der Waals surface area (Å²) >= 11 is 0. The van der Waals surface area contributed by atoms with E-state index in [0.717, 1.165) is 76.8 Å². The molecule has 0 amide bonds. The van der Waals surface area contributed by atoms with E-state index in [-0.39, 0.29) is 5.78 Å². The van der Waals surface area contributed by atoms with E-state index in [4.69, 9.17) is 9.47 Å². The first-order chi connectivity index (χ1) is 17.8. The van der Waals surface area contributed by atoms with Gasteiger partial charge in [0, 0.05) is 50.4 Å². The van der Waals surface area contributed by atoms with Gasteiger partial charge >= 0.3 is 0 Å². The Morgan fingerprint density at radius 2 is 1.08 bits per heavy atom. The fourth-order valence-corrected chi connectivity index (χ4v) is 6.40. The van der Waals surface area contributed by atoms with E-state index in [1.165, 1.54) is 60.8 Å². The van der Waals surface area contributed by atoms with Crippen LogP contribution in [0.5, 0.6) is 0 Å². The molecule has 6 rings (SSSR count). The van der Waals surface area contributed by atoms with Crippen LogP contribution < -0.4 is 0 Å². The van der Waals surface area contributed by atoms with Gasteiger partial charge in [-0.05, 0) is 59.8 Å². The smallest absolute Gasteiger partial charge is 0.193 e. The van der Waals surface area contributed by atoms with Gasteiger partial charge in [0.05, 0.1) is 26.4 Å². The lowest BCUT2D eigenvalue weighted by molar-refractivity contribution is 0.0339. The van der Waals surface area contributed by atoms with Gasteiger partial charge in [-0.15, -0.1) is 0 Å². The van der Waals surface area contributed by atoms with Crippen molar-refractivity contribution in [1.82, 2.24) is 9.80 Å². The molecular weight excluding hydrogens is 448 g/mol. The summed E-state index contributed by atoms with van der Waals surface area (Å²) in [6.45, 7) is 8.93. The topological polar surface area (TPSA) is 42.0 Å². The molecule has 4 aliphatic rings. The minimum absolute atomic E-state index is 0.242. The number of ketones is 1. The number of rotatable bonds is 8.